The average molecular weight is 313 g/mol. The largest absolute Gasteiger partial charge is 0.504 e. The molecule has 3 rings (SSSR count). The smallest absolute Gasteiger partial charge is 0.256 e. The van der Waals surface area contributed by atoms with Crippen LogP contribution in [0, 0.1) is 0 Å². The molecule has 2 heterocycles. The number of benzene rings is 1. The monoisotopic (exact) mass is 313 g/mol. The van der Waals surface area contributed by atoms with Crippen LogP contribution in [0.5, 0.6) is 11.5 Å². The van der Waals surface area contributed by atoms with E-state index in [0.717, 1.165) is 37.4 Å². The predicted molar refractivity (Wildman–Crippen MR) is 88.3 cm³/mol. The molecule has 2 N–H and O–H groups in total. The molecule has 0 atom stereocenters. The highest BCUT2D eigenvalue weighted by molar-refractivity contribution is 6.05. The number of carbonyl (C=O) groups excluding carboxylic acids is 1. The van der Waals surface area contributed by atoms with E-state index in [1.807, 2.05) is 6.07 Å². The highest BCUT2D eigenvalue weighted by Crippen LogP contribution is 2.32. The molecule has 0 spiro atoms. The molecule has 0 radical (unpaired) electrons. The van der Waals surface area contributed by atoms with Crippen molar-refractivity contribution in [3.8, 4) is 11.5 Å². The minimum atomic E-state index is -0.318. The Morgan fingerprint density at radius 3 is 2.78 bits per heavy atom. The molecule has 6 nitrogen and oxygen atoms in total. The van der Waals surface area contributed by atoms with E-state index in [1.165, 1.54) is 12.3 Å². The zero-order valence-corrected chi connectivity index (χ0v) is 13.0. The summed E-state index contributed by atoms with van der Waals surface area (Å²) in [7, 11) is 1.63. The third-order valence-corrected chi connectivity index (χ3v) is 3.91. The Labute approximate surface area is 134 Å². The molecule has 1 saturated heterocycles. The Morgan fingerprint density at radius 1 is 1.30 bits per heavy atom. The third-order valence-electron chi connectivity index (χ3n) is 3.91. The second-order valence-electron chi connectivity index (χ2n) is 5.41. The number of carbonyl (C=O) groups is 1. The minimum Gasteiger partial charge on any atom is -0.504 e. The van der Waals surface area contributed by atoms with Crippen molar-refractivity contribution >= 4 is 17.4 Å². The van der Waals surface area contributed by atoms with Crippen molar-refractivity contribution in [2.45, 2.75) is 12.8 Å². The molecule has 1 aromatic carbocycles. The Balaban J connectivity index is 1.86. The summed E-state index contributed by atoms with van der Waals surface area (Å²) < 4.78 is 5.40. The van der Waals surface area contributed by atoms with Gasteiger partial charge in [-0.15, -0.1) is 0 Å². The number of amides is 1. The molecule has 120 valence electrons. The summed E-state index contributed by atoms with van der Waals surface area (Å²) in [6, 6.07) is 8.39. The maximum atomic E-state index is 12.4. The molecule has 6 heteroatoms. The Morgan fingerprint density at radius 2 is 2.09 bits per heavy atom. The fourth-order valence-electron chi connectivity index (χ4n) is 2.71. The lowest BCUT2D eigenvalue weighted by atomic mass is 10.1. The summed E-state index contributed by atoms with van der Waals surface area (Å²) in [6.45, 7) is 1.92. The Hall–Kier alpha value is -2.76. The van der Waals surface area contributed by atoms with Crippen LogP contribution in [0.4, 0.5) is 11.5 Å². The van der Waals surface area contributed by atoms with Crippen molar-refractivity contribution in [1.29, 1.82) is 0 Å². The van der Waals surface area contributed by atoms with Crippen LogP contribution >= 0.6 is 0 Å². The van der Waals surface area contributed by atoms with Crippen molar-refractivity contribution in [3.05, 3.63) is 42.1 Å². The summed E-state index contributed by atoms with van der Waals surface area (Å²) in [5, 5.41) is 12.3. The van der Waals surface area contributed by atoms with E-state index in [2.05, 4.69) is 15.2 Å². The maximum absolute atomic E-state index is 12.4. The van der Waals surface area contributed by atoms with E-state index in [-0.39, 0.29) is 17.5 Å². The molecule has 0 aliphatic carbocycles. The number of ether oxygens (including phenoxy) is 1. The number of anilines is 2. The van der Waals surface area contributed by atoms with Gasteiger partial charge in [0.2, 0.25) is 0 Å². The third kappa shape index (κ3) is 3.21. The van der Waals surface area contributed by atoms with E-state index < -0.39 is 0 Å². The van der Waals surface area contributed by atoms with Crippen LogP contribution in [0.1, 0.15) is 23.2 Å². The normalized spacial score (nSPS) is 13.9. The number of hydrogen-bond donors (Lipinski definition) is 2. The molecule has 1 fully saturated rings. The van der Waals surface area contributed by atoms with Crippen LogP contribution in [0.2, 0.25) is 0 Å². The maximum Gasteiger partial charge on any atom is 0.256 e. The van der Waals surface area contributed by atoms with Gasteiger partial charge in [-0.3, -0.25) is 4.79 Å². The molecule has 0 bridgehead atoms. The van der Waals surface area contributed by atoms with Gasteiger partial charge in [-0.05, 0) is 43.2 Å². The van der Waals surface area contributed by atoms with Gasteiger partial charge in [-0.1, -0.05) is 0 Å². The van der Waals surface area contributed by atoms with Gasteiger partial charge in [-0.25, -0.2) is 4.98 Å². The van der Waals surface area contributed by atoms with Gasteiger partial charge < -0.3 is 20.1 Å². The summed E-state index contributed by atoms with van der Waals surface area (Å²) in [5.41, 5.74) is 1.42. The van der Waals surface area contributed by atoms with Gasteiger partial charge in [0.05, 0.1) is 12.8 Å². The van der Waals surface area contributed by atoms with E-state index in [1.54, 1.807) is 25.3 Å². The summed E-state index contributed by atoms with van der Waals surface area (Å²) in [6.07, 6.45) is 3.79. The van der Waals surface area contributed by atoms with Gasteiger partial charge in [0, 0.05) is 24.8 Å². The molecule has 1 aromatic heterocycles. The van der Waals surface area contributed by atoms with Crippen molar-refractivity contribution < 1.29 is 14.6 Å². The number of methoxy groups -OCH3 is 1. The van der Waals surface area contributed by atoms with E-state index in [0.29, 0.717) is 5.56 Å². The summed E-state index contributed by atoms with van der Waals surface area (Å²) in [4.78, 5) is 18.6. The number of nitrogens with zero attached hydrogens (tertiary/aromatic N) is 2. The molecule has 0 unspecified atom stereocenters. The number of aromatic hydroxyl groups is 1. The Kier molecular flexibility index (Phi) is 4.32. The molecule has 2 aromatic rings. The van der Waals surface area contributed by atoms with Crippen molar-refractivity contribution in [2.24, 2.45) is 0 Å². The molecular weight excluding hydrogens is 294 g/mol. The first-order chi connectivity index (χ1) is 11.2. The highest BCUT2D eigenvalue weighted by atomic mass is 16.5. The van der Waals surface area contributed by atoms with Crippen molar-refractivity contribution in [1.82, 2.24) is 4.98 Å². The molecule has 1 amide bonds. The van der Waals surface area contributed by atoms with Gasteiger partial charge in [0.1, 0.15) is 5.75 Å². The van der Waals surface area contributed by atoms with E-state index in [9.17, 15) is 9.90 Å². The van der Waals surface area contributed by atoms with Crippen molar-refractivity contribution in [3.63, 3.8) is 0 Å². The Bertz CT molecular complexity index is 712. The lowest BCUT2D eigenvalue weighted by Crippen LogP contribution is -2.20. The molecule has 0 saturated carbocycles. The average Bonchev–Trinajstić information content (AvgIpc) is 3.10. The molecular formula is C17H19N3O3. The van der Waals surface area contributed by atoms with Gasteiger partial charge in [0.15, 0.2) is 11.6 Å². The predicted octanol–water partition coefficient (Wildman–Crippen LogP) is 2.65. The van der Waals surface area contributed by atoms with Crippen LogP contribution < -0.4 is 15.0 Å². The van der Waals surface area contributed by atoms with Crippen LogP contribution in [0.3, 0.4) is 0 Å². The number of rotatable bonds is 4. The number of pyridine rings is 1. The van der Waals surface area contributed by atoms with Gasteiger partial charge in [-0.2, -0.15) is 0 Å². The zero-order valence-electron chi connectivity index (χ0n) is 13.0. The fourth-order valence-corrected chi connectivity index (χ4v) is 2.71. The van der Waals surface area contributed by atoms with Crippen LogP contribution in [-0.2, 0) is 0 Å². The first-order valence-electron chi connectivity index (χ1n) is 7.57. The summed E-state index contributed by atoms with van der Waals surface area (Å²) >= 11 is 0. The second kappa shape index (κ2) is 6.56. The highest BCUT2D eigenvalue weighted by Gasteiger charge is 2.19. The lowest BCUT2D eigenvalue weighted by molar-refractivity contribution is 0.102. The molecule has 1 aliphatic heterocycles. The van der Waals surface area contributed by atoms with Crippen LogP contribution in [0.15, 0.2) is 36.5 Å². The first kappa shape index (κ1) is 15.1. The standard InChI is InChI=1S/C17H19N3O3/c1-23-15-7-6-12(11-13(15)20-9-2-3-10-20)17(22)19-16-14(21)5-4-8-18-16/h4-8,11,21H,2-3,9-10H2,1H3,(H,18,19,22). The van der Waals surface area contributed by atoms with Gasteiger partial charge in [0.25, 0.3) is 5.91 Å². The molecule has 1 aliphatic rings. The van der Waals surface area contributed by atoms with Crippen LogP contribution in [-0.4, -0.2) is 36.2 Å². The lowest BCUT2D eigenvalue weighted by Gasteiger charge is -2.21. The van der Waals surface area contributed by atoms with Crippen molar-refractivity contribution in [2.75, 3.05) is 30.4 Å². The second-order valence-corrected chi connectivity index (χ2v) is 5.41. The van der Waals surface area contributed by atoms with Crippen LogP contribution in [0.25, 0.3) is 0 Å². The minimum absolute atomic E-state index is 0.0610. The number of hydrogen-bond acceptors (Lipinski definition) is 5. The zero-order chi connectivity index (χ0) is 16.2. The van der Waals surface area contributed by atoms with Gasteiger partial charge >= 0.3 is 0 Å². The topological polar surface area (TPSA) is 74.7 Å². The molecule has 23 heavy (non-hydrogen) atoms. The van der Waals surface area contributed by atoms with E-state index >= 15 is 0 Å². The van der Waals surface area contributed by atoms with E-state index in [4.69, 9.17) is 4.74 Å². The summed E-state index contributed by atoms with van der Waals surface area (Å²) in [5.74, 6) is 0.524. The SMILES string of the molecule is COc1ccc(C(=O)Nc2ncccc2O)cc1N1CCCC1. The number of aromatic nitrogens is 1. The quantitative estimate of drug-likeness (QED) is 0.907. The number of nitrogens with one attached hydrogen (secondary N) is 1. The fraction of sp³-hybridized carbons (Fsp3) is 0.294. The first-order valence-corrected chi connectivity index (χ1v) is 7.57.